The summed E-state index contributed by atoms with van der Waals surface area (Å²) in [6.45, 7) is 9.56. The monoisotopic (exact) mass is 199 g/mol. The molecule has 0 aliphatic heterocycles. The highest BCUT2D eigenvalue weighted by Gasteiger charge is 2.20. The van der Waals surface area contributed by atoms with Gasteiger partial charge < -0.3 is 10.1 Å². The predicted molar refractivity (Wildman–Crippen MR) is 60.5 cm³/mol. The second kappa shape index (κ2) is 6.41. The van der Waals surface area contributed by atoms with Crippen molar-refractivity contribution in [3.8, 4) is 0 Å². The summed E-state index contributed by atoms with van der Waals surface area (Å²) in [5, 5.41) is 3.48. The first-order valence-corrected chi connectivity index (χ1v) is 6.00. The molecule has 0 spiro atoms. The Balaban J connectivity index is 1.89. The maximum absolute atomic E-state index is 5.47. The van der Waals surface area contributed by atoms with Gasteiger partial charge in [-0.05, 0) is 45.1 Å². The Morgan fingerprint density at radius 1 is 1.36 bits per heavy atom. The SMILES string of the molecule is CC1CCC(CNCCOC(C)C)C1. The van der Waals surface area contributed by atoms with E-state index in [1.165, 1.54) is 25.8 Å². The van der Waals surface area contributed by atoms with Crippen LogP contribution in [0.2, 0.25) is 0 Å². The molecule has 84 valence electrons. The van der Waals surface area contributed by atoms with E-state index in [2.05, 4.69) is 26.1 Å². The molecule has 2 nitrogen and oxygen atoms in total. The topological polar surface area (TPSA) is 21.3 Å². The second-order valence-corrected chi connectivity index (χ2v) is 4.91. The number of ether oxygens (including phenoxy) is 1. The minimum absolute atomic E-state index is 0.364. The maximum Gasteiger partial charge on any atom is 0.0594 e. The molecule has 1 aliphatic rings. The Bertz CT molecular complexity index is 147. The van der Waals surface area contributed by atoms with E-state index < -0.39 is 0 Å². The van der Waals surface area contributed by atoms with Gasteiger partial charge in [0.25, 0.3) is 0 Å². The summed E-state index contributed by atoms with van der Waals surface area (Å²) in [5.74, 6) is 1.87. The molecule has 0 heterocycles. The number of hydrogen-bond acceptors (Lipinski definition) is 2. The van der Waals surface area contributed by atoms with Crippen LogP contribution in [0.1, 0.15) is 40.0 Å². The summed E-state index contributed by atoms with van der Waals surface area (Å²) < 4.78 is 5.47. The summed E-state index contributed by atoms with van der Waals surface area (Å²) >= 11 is 0. The molecule has 0 radical (unpaired) electrons. The molecule has 1 aliphatic carbocycles. The normalized spacial score (nSPS) is 27.4. The Labute approximate surface area is 88.4 Å². The van der Waals surface area contributed by atoms with E-state index in [4.69, 9.17) is 4.74 Å². The van der Waals surface area contributed by atoms with Crippen LogP contribution in [0.15, 0.2) is 0 Å². The van der Waals surface area contributed by atoms with Gasteiger partial charge >= 0.3 is 0 Å². The highest BCUT2D eigenvalue weighted by Crippen LogP contribution is 2.29. The zero-order chi connectivity index (χ0) is 10.4. The third-order valence-corrected chi connectivity index (χ3v) is 2.97. The van der Waals surface area contributed by atoms with Crippen LogP contribution in [0, 0.1) is 11.8 Å². The first kappa shape index (κ1) is 12.0. The van der Waals surface area contributed by atoms with E-state index in [0.29, 0.717) is 6.10 Å². The van der Waals surface area contributed by atoms with E-state index in [0.717, 1.165) is 25.0 Å². The van der Waals surface area contributed by atoms with Gasteiger partial charge in [0.1, 0.15) is 0 Å². The quantitative estimate of drug-likeness (QED) is 0.663. The van der Waals surface area contributed by atoms with Crippen LogP contribution in [-0.2, 0) is 4.74 Å². The standard InChI is InChI=1S/C12H25NO/c1-10(2)14-7-6-13-9-12-5-4-11(3)8-12/h10-13H,4-9H2,1-3H3. The molecule has 0 saturated heterocycles. The van der Waals surface area contributed by atoms with Crippen molar-refractivity contribution in [1.82, 2.24) is 5.32 Å². The zero-order valence-corrected chi connectivity index (χ0v) is 9.88. The van der Waals surface area contributed by atoms with E-state index >= 15 is 0 Å². The first-order chi connectivity index (χ1) is 6.68. The summed E-state index contributed by atoms with van der Waals surface area (Å²) in [6.07, 6.45) is 4.62. The molecule has 0 aromatic carbocycles. The predicted octanol–water partition coefficient (Wildman–Crippen LogP) is 2.44. The smallest absolute Gasteiger partial charge is 0.0594 e. The van der Waals surface area contributed by atoms with E-state index in [9.17, 15) is 0 Å². The van der Waals surface area contributed by atoms with E-state index in [-0.39, 0.29) is 0 Å². The van der Waals surface area contributed by atoms with Crippen molar-refractivity contribution in [2.75, 3.05) is 19.7 Å². The van der Waals surface area contributed by atoms with Crippen molar-refractivity contribution in [1.29, 1.82) is 0 Å². The summed E-state index contributed by atoms with van der Waals surface area (Å²) in [6, 6.07) is 0. The molecule has 2 unspecified atom stereocenters. The van der Waals surface area contributed by atoms with Gasteiger partial charge in [0.2, 0.25) is 0 Å². The lowest BCUT2D eigenvalue weighted by atomic mass is 10.1. The lowest BCUT2D eigenvalue weighted by Gasteiger charge is -2.12. The van der Waals surface area contributed by atoms with Gasteiger partial charge in [-0.15, -0.1) is 0 Å². The average Bonchev–Trinajstić information content (AvgIpc) is 2.50. The van der Waals surface area contributed by atoms with Crippen LogP contribution in [0.5, 0.6) is 0 Å². The first-order valence-electron chi connectivity index (χ1n) is 6.00. The lowest BCUT2D eigenvalue weighted by molar-refractivity contribution is 0.0804. The molecule has 0 aromatic rings. The van der Waals surface area contributed by atoms with Gasteiger partial charge in [0, 0.05) is 6.54 Å². The van der Waals surface area contributed by atoms with Gasteiger partial charge in [-0.1, -0.05) is 13.3 Å². The fraction of sp³-hybridized carbons (Fsp3) is 1.00. The molecule has 1 rings (SSSR count). The highest BCUT2D eigenvalue weighted by atomic mass is 16.5. The average molecular weight is 199 g/mol. The van der Waals surface area contributed by atoms with Gasteiger partial charge in [-0.3, -0.25) is 0 Å². The second-order valence-electron chi connectivity index (χ2n) is 4.91. The van der Waals surface area contributed by atoms with Crippen LogP contribution < -0.4 is 5.32 Å². The largest absolute Gasteiger partial charge is 0.377 e. The van der Waals surface area contributed by atoms with Crippen molar-refractivity contribution in [2.24, 2.45) is 11.8 Å². The molecule has 14 heavy (non-hydrogen) atoms. The number of hydrogen-bond donors (Lipinski definition) is 1. The molecule has 0 bridgehead atoms. The van der Waals surface area contributed by atoms with Crippen molar-refractivity contribution in [3.05, 3.63) is 0 Å². The van der Waals surface area contributed by atoms with Crippen LogP contribution in [0.25, 0.3) is 0 Å². The Morgan fingerprint density at radius 2 is 2.14 bits per heavy atom. The number of nitrogens with one attached hydrogen (secondary N) is 1. The van der Waals surface area contributed by atoms with Crippen molar-refractivity contribution < 1.29 is 4.74 Å². The minimum Gasteiger partial charge on any atom is -0.377 e. The van der Waals surface area contributed by atoms with Gasteiger partial charge in [-0.25, -0.2) is 0 Å². The van der Waals surface area contributed by atoms with Crippen molar-refractivity contribution >= 4 is 0 Å². The molecule has 0 amide bonds. The minimum atomic E-state index is 0.364. The van der Waals surface area contributed by atoms with Gasteiger partial charge in [0.15, 0.2) is 0 Å². The summed E-state index contributed by atoms with van der Waals surface area (Å²) in [7, 11) is 0. The number of rotatable bonds is 6. The molecule has 1 saturated carbocycles. The molecular weight excluding hydrogens is 174 g/mol. The Kier molecular flexibility index (Phi) is 5.49. The Morgan fingerprint density at radius 3 is 2.71 bits per heavy atom. The molecule has 2 heteroatoms. The van der Waals surface area contributed by atoms with Crippen LogP contribution in [-0.4, -0.2) is 25.8 Å². The van der Waals surface area contributed by atoms with Gasteiger partial charge in [0.05, 0.1) is 12.7 Å². The van der Waals surface area contributed by atoms with Crippen LogP contribution >= 0.6 is 0 Å². The zero-order valence-electron chi connectivity index (χ0n) is 9.88. The van der Waals surface area contributed by atoms with E-state index in [1.54, 1.807) is 0 Å². The highest BCUT2D eigenvalue weighted by molar-refractivity contribution is 4.74. The van der Waals surface area contributed by atoms with Crippen LogP contribution in [0.4, 0.5) is 0 Å². The fourth-order valence-corrected chi connectivity index (χ4v) is 2.18. The molecule has 1 fully saturated rings. The molecular formula is C12H25NO. The third kappa shape index (κ3) is 4.97. The maximum atomic E-state index is 5.47. The van der Waals surface area contributed by atoms with Crippen molar-refractivity contribution in [3.63, 3.8) is 0 Å². The molecule has 0 aromatic heterocycles. The van der Waals surface area contributed by atoms with E-state index in [1.807, 2.05) is 0 Å². The molecule has 2 atom stereocenters. The van der Waals surface area contributed by atoms with Gasteiger partial charge in [-0.2, -0.15) is 0 Å². The van der Waals surface area contributed by atoms with Crippen molar-refractivity contribution in [2.45, 2.75) is 46.1 Å². The third-order valence-electron chi connectivity index (χ3n) is 2.97. The lowest BCUT2D eigenvalue weighted by Crippen LogP contribution is -2.26. The Hall–Kier alpha value is -0.0800. The summed E-state index contributed by atoms with van der Waals surface area (Å²) in [4.78, 5) is 0. The van der Waals surface area contributed by atoms with Crippen LogP contribution in [0.3, 0.4) is 0 Å². The molecule has 1 N–H and O–H groups in total. The fourth-order valence-electron chi connectivity index (χ4n) is 2.18. The summed E-state index contributed by atoms with van der Waals surface area (Å²) in [5.41, 5.74) is 0.